The van der Waals surface area contributed by atoms with E-state index in [9.17, 15) is 23.1 Å². The molecule has 1 aromatic rings. The van der Waals surface area contributed by atoms with Gasteiger partial charge < -0.3 is 15.3 Å². The van der Waals surface area contributed by atoms with Crippen LogP contribution in [0.2, 0.25) is 0 Å². The van der Waals surface area contributed by atoms with E-state index in [0.29, 0.717) is 25.1 Å². The van der Waals surface area contributed by atoms with E-state index >= 15 is 0 Å². The van der Waals surface area contributed by atoms with E-state index in [-0.39, 0.29) is 6.03 Å². The van der Waals surface area contributed by atoms with Crippen LogP contribution in [-0.2, 0) is 6.18 Å². The summed E-state index contributed by atoms with van der Waals surface area (Å²) in [5.74, 6) is 0. The van der Waals surface area contributed by atoms with Gasteiger partial charge in [-0.1, -0.05) is 19.1 Å². The molecule has 0 saturated carbocycles. The second-order valence-corrected chi connectivity index (χ2v) is 5.20. The molecule has 0 radical (unpaired) electrons. The molecule has 0 aromatic heterocycles. The van der Waals surface area contributed by atoms with Gasteiger partial charge in [0.2, 0.25) is 0 Å². The molecule has 2 amide bonds. The number of nitrogens with one attached hydrogen (secondary N) is 1. The van der Waals surface area contributed by atoms with Crippen molar-refractivity contribution in [2.75, 3.05) is 13.1 Å². The third-order valence-electron chi connectivity index (χ3n) is 3.76. The summed E-state index contributed by atoms with van der Waals surface area (Å²) in [7, 11) is 0. The normalized spacial score (nSPS) is 14.2. The van der Waals surface area contributed by atoms with Gasteiger partial charge in [-0.05, 0) is 38.0 Å². The van der Waals surface area contributed by atoms with Crippen LogP contribution in [-0.4, -0.2) is 35.2 Å². The van der Waals surface area contributed by atoms with Gasteiger partial charge in [0.25, 0.3) is 0 Å². The average molecular weight is 332 g/mol. The highest BCUT2D eigenvalue weighted by atomic mass is 19.4. The van der Waals surface area contributed by atoms with E-state index in [0.717, 1.165) is 12.1 Å². The molecule has 23 heavy (non-hydrogen) atoms. The van der Waals surface area contributed by atoms with Gasteiger partial charge in [0.15, 0.2) is 0 Å². The first-order valence-corrected chi connectivity index (χ1v) is 7.65. The molecule has 2 atom stereocenters. The quantitative estimate of drug-likeness (QED) is 0.837. The maximum absolute atomic E-state index is 12.6. The molecule has 2 unspecified atom stereocenters. The fourth-order valence-electron chi connectivity index (χ4n) is 2.27. The van der Waals surface area contributed by atoms with Gasteiger partial charge in [-0.2, -0.15) is 13.2 Å². The van der Waals surface area contributed by atoms with Gasteiger partial charge in [-0.3, -0.25) is 0 Å². The van der Waals surface area contributed by atoms with Crippen LogP contribution in [0.15, 0.2) is 24.3 Å². The Labute approximate surface area is 134 Å². The zero-order valence-electron chi connectivity index (χ0n) is 13.5. The predicted molar refractivity (Wildman–Crippen MR) is 81.9 cm³/mol. The SMILES string of the molecule is CCC(NC(=O)N(CC)CC)C(O)c1ccc(C(F)(F)F)cc1. The van der Waals surface area contributed by atoms with E-state index in [1.165, 1.54) is 12.1 Å². The van der Waals surface area contributed by atoms with Crippen molar-refractivity contribution in [3.63, 3.8) is 0 Å². The van der Waals surface area contributed by atoms with Crippen LogP contribution in [0.1, 0.15) is 44.4 Å². The van der Waals surface area contributed by atoms with Crippen molar-refractivity contribution in [2.24, 2.45) is 0 Å². The van der Waals surface area contributed by atoms with Crippen LogP contribution in [0, 0.1) is 0 Å². The van der Waals surface area contributed by atoms with Crippen molar-refractivity contribution in [3.05, 3.63) is 35.4 Å². The Bertz CT molecular complexity index is 499. The lowest BCUT2D eigenvalue weighted by Gasteiger charge is -2.27. The summed E-state index contributed by atoms with van der Waals surface area (Å²) in [5, 5.41) is 13.1. The number of benzene rings is 1. The largest absolute Gasteiger partial charge is 0.416 e. The van der Waals surface area contributed by atoms with Crippen LogP contribution in [0.25, 0.3) is 0 Å². The Hall–Kier alpha value is -1.76. The first-order valence-electron chi connectivity index (χ1n) is 7.65. The second kappa shape index (κ2) is 8.19. The number of urea groups is 1. The average Bonchev–Trinajstić information content (AvgIpc) is 2.52. The van der Waals surface area contributed by atoms with E-state index in [1.54, 1.807) is 11.8 Å². The van der Waals surface area contributed by atoms with Crippen LogP contribution < -0.4 is 5.32 Å². The minimum Gasteiger partial charge on any atom is -0.386 e. The molecule has 2 N–H and O–H groups in total. The monoisotopic (exact) mass is 332 g/mol. The molecule has 0 bridgehead atoms. The summed E-state index contributed by atoms with van der Waals surface area (Å²) < 4.78 is 37.7. The molecule has 0 saturated heterocycles. The zero-order valence-corrected chi connectivity index (χ0v) is 13.5. The lowest BCUT2D eigenvalue weighted by molar-refractivity contribution is -0.137. The lowest BCUT2D eigenvalue weighted by Crippen LogP contribution is -2.46. The molecule has 130 valence electrons. The Morgan fingerprint density at radius 1 is 1.17 bits per heavy atom. The number of aliphatic hydroxyl groups excluding tert-OH is 1. The van der Waals surface area contributed by atoms with Gasteiger partial charge in [0.05, 0.1) is 17.7 Å². The van der Waals surface area contributed by atoms with Crippen LogP contribution >= 0.6 is 0 Å². The third kappa shape index (κ3) is 5.13. The Morgan fingerprint density at radius 3 is 2.09 bits per heavy atom. The highest BCUT2D eigenvalue weighted by Crippen LogP contribution is 2.30. The number of carbonyl (C=O) groups is 1. The summed E-state index contributed by atoms with van der Waals surface area (Å²) in [4.78, 5) is 13.6. The van der Waals surface area contributed by atoms with Crippen molar-refractivity contribution in [1.29, 1.82) is 0 Å². The van der Waals surface area contributed by atoms with Crippen molar-refractivity contribution < 1.29 is 23.1 Å². The van der Waals surface area contributed by atoms with Gasteiger partial charge in [-0.25, -0.2) is 4.79 Å². The van der Waals surface area contributed by atoms with Crippen molar-refractivity contribution in [1.82, 2.24) is 10.2 Å². The Kier molecular flexibility index (Phi) is 6.87. The number of amides is 2. The van der Waals surface area contributed by atoms with Crippen LogP contribution in [0.4, 0.5) is 18.0 Å². The lowest BCUT2D eigenvalue weighted by atomic mass is 9.99. The van der Waals surface area contributed by atoms with Crippen molar-refractivity contribution in [2.45, 2.75) is 45.5 Å². The Balaban J connectivity index is 2.84. The van der Waals surface area contributed by atoms with E-state index in [4.69, 9.17) is 0 Å². The number of aliphatic hydroxyl groups is 1. The number of carbonyl (C=O) groups excluding carboxylic acids is 1. The van der Waals surface area contributed by atoms with E-state index in [2.05, 4.69) is 5.32 Å². The molecule has 7 heteroatoms. The topological polar surface area (TPSA) is 52.6 Å². The number of hydrogen-bond donors (Lipinski definition) is 2. The molecule has 0 spiro atoms. The number of halogens is 3. The van der Waals surface area contributed by atoms with E-state index in [1.807, 2.05) is 13.8 Å². The third-order valence-corrected chi connectivity index (χ3v) is 3.76. The van der Waals surface area contributed by atoms with Crippen LogP contribution in [0.5, 0.6) is 0 Å². The predicted octanol–water partition coefficient (Wildman–Crippen LogP) is 3.57. The molecule has 4 nitrogen and oxygen atoms in total. The minimum absolute atomic E-state index is 0.298. The molecule has 0 aliphatic rings. The summed E-state index contributed by atoms with van der Waals surface area (Å²) >= 11 is 0. The number of hydrogen-bond acceptors (Lipinski definition) is 2. The highest BCUT2D eigenvalue weighted by molar-refractivity contribution is 5.74. The van der Waals surface area contributed by atoms with E-state index < -0.39 is 23.9 Å². The molecule has 1 aromatic carbocycles. The van der Waals surface area contributed by atoms with Gasteiger partial charge >= 0.3 is 12.2 Å². The highest BCUT2D eigenvalue weighted by Gasteiger charge is 2.31. The molecule has 0 aliphatic carbocycles. The molecule has 0 fully saturated rings. The molecular weight excluding hydrogens is 309 g/mol. The zero-order chi connectivity index (χ0) is 17.6. The smallest absolute Gasteiger partial charge is 0.386 e. The summed E-state index contributed by atoms with van der Waals surface area (Å²) in [6.07, 6.45) is -5.03. The summed E-state index contributed by atoms with van der Waals surface area (Å²) in [5.41, 5.74) is -0.432. The molecule has 0 aliphatic heterocycles. The summed E-state index contributed by atoms with van der Waals surface area (Å²) in [6.45, 7) is 6.55. The first kappa shape index (κ1) is 19.3. The fourth-order valence-corrected chi connectivity index (χ4v) is 2.27. The van der Waals surface area contributed by atoms with Crippen molar-refractivity contribution >= 4 is 6.03 Å². The molecule has 0 heterocycles. The van der Waals surface area contributed by atoms with Crippen molar-refractivity contribution in [3.8, 4) is 0 Å². The number of nitrogens with zero attached hydrogens (tertiary/aromatic N) is 1. The summed E-state index contributed by atoms with van der Waals surface area (Å²) in [6, 6.07) is 3.46. The first-order chi connectivity index (χ1) is 10.7. The molecule has 1 rings (SSSR count). The van der Waals surface area contributed by atoms with Gasteiger partial charge in [0, 0.05) is 13.1 Å². The fraction of sp³-hybridized carbons (Fsp3) is 0.562. The number of alkyl halides is 3. The van der Waals surface area contributed by atoms with Crippen LogP contribution in [0.3, 0.4) is 0 Å². The second-order valence-electron chi connectivity index (χ2n) is 5.20. The maximum atomic E-state index is 12.6. The van der Waals surface area contributed by atoms with Gasteiger partial charge in [-0.15, -0.1) is 0 Å². The Morgan fingerprint density at radius 2 is 1.70 bits per heavy atom. The molecular formula is C16H23F3N2O2. The van der Waals surface area contributed by atoms with Gasteiger partial charge in [0.1, 0.15) is 0 Å². The number of rotatable bonds is 6. The maximum Gasteiger partial charge on any atom is 0.416 e. The minimum atomic E-state index is -4.41. The standard InChI is InChI=1S/C16H23F3N2O2/c1-4-13(20-15(23)21(5-2)6-3)14(22)11-7-9-12(10-8-11)16(17,18)19/h7-10,13-14,22H,4-6H2,1-3H3,(H,20,23).